The minimum atomic E-state index is -4.24. The lowest BCUT2D eigenvalue weighted by Gasteiger charge is -2.26. The van der Waals surface area contributed by atoms with Crippen LogP contribution in [-0.4, -0.2) is 34.1 Å². The molecule has 1 unspecified atom stereocenters. The van der Waals surface area contributed by atoms with E-state index in [1.807, 2.05) is 0 Å². The number of hydrogen-bond donors (Lipinski definition) is 1. The Balaban J connectivity index is 1.62. The predicted octanol–water partition coefficient (Wildman–Crippen LogP) is 3.81. The zero-order valence-corrected chi connectivity index (χ0v) is 19.0. The van der Waals surface area contributed by atoms with Gasteiger partial charge in [-0.15, -0.1) is 0 Å². The SMILES string of the molecule is CC(NC(=O)CN(c1ccc(F)cc1)S(=O)(=O)c1ccc2c(c1)OCCO2)c1ccc(F)cc1. The smallest absolute Gasteiger partial charge is 0.264 e. The molecule has 1 atom stereocenters. The maximum absolute atomic E-state index is 13.5. The zero-order valence-electron chi connectivity index (χ0n) is 18.2. The lowest BCUT2D eigenvalue weighted by atomic mass is 10.1. The first-order chi connectivity index (χ1) is 16.2. The summed E-state index contributed by atoms with van der Waals surface area (Å²) in [5.74, 6) is -0.850. The standard InChI is InChI=1S/C24H22F2N2O5S/c1-16(17-2-4-18(25)5-3-17)27-24(29)15-28(20-8-6-19(26)7-9-20)34(30,31)21-10-11-22-23(14-21)33-13-12-32-22/h2-11,14,16H,12-13,15H2,1H3,(H,27,29). The molecule has 0 aromatic heterocycles. The number of benzene rings is 3. The molecule has 0 aliphatic carbocycles. The number of carbonyl (C=O) groups is 1. The molecule has 0 spiro atoms. The largest absolute Gasteiger partial charge is 0.486 e. The Hall–Kier alpha value is -3.66. The molecule has 3 aromatic carbocycles. The fourth-order valence-electron chi connectivity index (χ4n) is 3.49. The van der Waals surface area contributed by atoms with E-state index in [0.717, 1.165) is 16.4 Å². The van der Waals surface area contributed by atoms with Crippen LogP contribution in [0.25, 0.3) is 0 Å². The number of ether oxygens (including phenoxy) is 2. The molecule has 34 heavy (non-hydrogen) atoms. The molecule has 0 saturated heterocycles. The number of hydrogen-bond acceptors (Lipinski definition) is 5. The highest BCUT2D eigenvalue weighted by molar-refractivity contribution is 7.92. The second-order valence-corrected chi connectivity index (χ2v) is 9.50. The maximum Gasteiger partial charge on any atom is 0.264 e. The molecular weight excluding hydrogens is 466 g/mol. The summed E-state index contributed by atoms with van der Waals surface area (Å²) in [4.78, 5) is 12.7. The molecule has 10 heteroatoms. The first kappa shape index (κ1) is 23.5. The molecule has 1 aliphatic rings. The van der Waals surface area contributed by atoms with Gasteiger partial charge in [0.2, 0.25) is 5.91 Å². The zero-order chi connectivity index (χ0) is 24.3. The van der Waals surface area contributed by atoms with E-state index >= 15 is 0 Å². The van der Waals surface area contributed by atoms with Gasteiger partial charge in [-0.2, -0.15) is 0 Å². The molecule has 0 fully saturated rings. The molecule has 1 N–H and O–H groups in total. The molecule has 1 heterocycles. The number of rotatable bonds is 7. The number of sulfonamides is 1. The van der Waals surface area contributed by atoms with Crippen molar-refractivity contribution in [1.82, 2.24) is 5.32 Å². The van der Waals surface area contributed by atoms with Crippen LogP contribution in [0.4, 0.5) is 14.5 Å². The highest BCUT2D eigenvalue weighted by atomic mass is 32.2. The van der Waals surface area contributed by atoms with Crippen molar-refractivity contribution in [3.8, 4) is 11.5 Å². The predicted molar refractivity (Wildman–Crippen MR) is 121 cm³/mol. The number of nitrogens with zero attached hydrogens (tertiary/aromatic N) is 1. The minimum Gasteiger partial charge on any atom is -0.486 e. The van der Waals surface area contributed by atoms with Gasteiger partial charge in [0, 0.05) is 6.07 Å². The Bertz CT molecular complexity index is 1280. The van der Waals surface area contributed by atoms with E-state index < -0.39 is 40.2 Å². The quantitative estimate of drug-likeness (QED) is 0.547. The molecule has 0 radical (unpaired) electrons. The van der Waals surface area contributed by atoms with Crippen LogP contribution in [0.3, 0.4) is 0 Å². The Morgan fingerprint density at radius 3 is 2.18 bits per heavy atom. The average Bonchev–Trinajstić information content (AvgIpc) is 2.83. The summed E-state index contributed by atoms with van der Waals surface area (Å²) in [6, 6.07) is 14.1. The minimum absolute atomic E-state index is 0.111. The van der Waals surface area contributed by atoms with Gasteiger partial charge >= 0.3 is 0 Å². The van der Waals surface area contributed by atoms with Crippen LogP contribution >= 0.6 is 0 Å². The van der Waals surface area contributed by atoms with Gasteiger partial charge in [0.25, 0.3) is 10.0 Å². The van der Waals surface area contributed by atoms with Gasteiger partial charge in [-0.25, -0.2) is 17.2 Å². The summed E-state index contributed by atoms with van der Waals surface area (Å²) >= 11 is 0. The van der Waals surface area contributed by atoms with Crippen molar-refractivity contribution in [2.24, 2.45) is 0 Å². The van der Waals surface area contributed by atoms with Crippen molar-refractivity contribution in [3.05, 3.63) is 83.9 Å². The van der Waals surface area contributed by atoms with Crippen molar-refractivity contribution in [1.29, 1.82) is 0 Å². The van der Waals surface area contributed by atoms with Crippen LogP contribution in [0.15, 0.2) is 71.6 Å². The van der Waals surface area contributed by atoms with Gasteiger partial charge in [0.1, 0.15) is 31.4 Å². The Kier molecular flexibility index (Phi) is 6.69. The molecule has 0 bridgehead atoms. The molecule has 3 aromatic rings. The van der Waals surface area contributed by atoms with Crippen molar-refractivity contribution >= 4 is 21.6 Å². The normalized spacial score (nSPS) is 13.7. The van der Waals surface area contributed by atoms with Crippen LogP contribution < -0.4 is 19.1 Å². The third-order valence-electron chi connectivity index (χ3n) is 5.25. The molecule has 1 amide bonds. The summed E-state index contributed by atoms with van der Waals surface area (Å²) in [5, 5.41) is 2.71. The number of halogens is 2. The van der Waals surface area contributed by atoms with Gasteiger partial charge in [-0.05, 0) is 61.0 Å². The summed E-state index contributed by atoms with van der Waals surface area (Å²) in [5.41, 5.74) is 0.763. The molecule has 4 rings (SSSR count). The van der Waals surface area contributed by atoms with E-state index in [4.69, 9.17) is 9.47 Å². The van der Waals surface area contributed by atoms with Crippen molar-refractivity contribution in [2.75, 3.05) is 24.1 Å². The van der Waals surface area contributed by atoms with Crippen LogP contribution in [0, 0.1) is 11.6 Å². The summed E-state index contributed by atoms with van der Waals surface area (Å²) in [6.07, 6.45) is 0. The van der Waals surface area contributed by atoms with E-state index in [1.54, 1.807) is 6.92 Å². The van der Waals surface area contributed by atoms with Crippen molar-refractivity contribution in [3.63, 3.8) is 0 Å². The number of amides is 1. The summed E-state index contributed by atoms with van der Waals surface area (Å²) in [7, 11) is -4.24. The van der Waals surface area contributed by atoms with Crippen LogP contribution in [0.1, 0.15) is 18.5 Å². The lowest BCUT2D eigenvalue weighted by Crippen LogP contribution is -2.41. The number of anilines is 1. The molecule has 0 saturated carbocycles. The van der Waals surface area contributed by atoms with Gasteiger partial charge in [-0.3, -0.25) is 9.10 Å². The molecule has 178 valence electrons. The summed E-state index contributed by atoms with van der Waals surface area (Å²) < 4.78 is 65.6. The van der Waals surface area contributed by atoms with Crippen LogP contribution in [0.2, 0.25) is 0 Å². The molecule has 7 nitrogen and oxygen atoms in total. The second-order valence-electron chi connectivity index (χ2n) is 7.63. The van der Waals surface area contributed by atoms with Crippen LogP contribution in [-0.2, 0) is 14.8 Å². The third-order valence-corrected chi connectivity index (χ3v) is 7.02. The lowest BCUT2D eigenvalue weighted by molar-refractivity contribution is -0.120. The topological polar surface area (TPSA) is 84.9 Å². The monoisotopic (exact) mass is 488 g/mol. The van der Waals surface area contributed by atoms with Gasteiger partial charge in [-0.1, -0.05) is 12.1 Å². The summed E-state index contributed by atoms with van der Waals surface area (Å²) in [6.45, 7) is 1.77. The fourth-order valence-corrected chi connectivity index (χ4v) is 4.92. The van der Waals surface area contributed by atoms with Gasteiger partial charge < -0.3 is 14.8 Å². The van der Waals surface area contributed by atoms with Crippen molar-refractivity contribution < 1.29 is 31.5 Å². The maximum atomic E-state index is 13.5. The first-order valence-corrected chi connectivity index (χ1v) is 11.9. The van der Waals surface area contributed by atoms with Crippen molar-refractivity contribution in [2.45, 2.75) is 17.9 Å². The van der Waals surface area contributed by atoms with E-state index in [2.05, 4.69) is 5.32 Å². The third kappa shape index (κ3) is 5.12. The first-order valence-electron chi connectivity index (χ1n) is 10.5. The second kappa shape index (κ2) is 9.68. The molecular formula is C24H22F2N2O5S. The van der Waals surface area contributed by atoms with E-state index in [1.165, 1.54) is 54.6 Å². The average molecular weight is 489 g/mol. The molecule has 1 aliphatic heterocycles. The van der Waals surface area contributed by atoms with Crippen LogP contribution in [0.5, 0.6) is 11.5 Å². The van der Waals surface area contributed by atoms with E-state index in [-0.39, 0.29) is 22.9 Å². The number of carbonyl (C=O) groups excluding carboxylic acids is 1. The van der Waals surface area contributed by atoms with Gasteiger partial charge in [0.15, 0.2) is 11.5 Å². The fraction of sp³-hybridized carbons (Fsp3) is 0.208. The van der Waals surface area contributed by atoms with E-state index in [9.17, 15) is 22.0 Å². The van der Waals surface area contributed by atoms with E-state index in [0.29, 0.717) is 17.9 Å². The highest BCUT2D eigenvalue weighted by Crippen LogP contribution is 2.34. The highest BCUT2D eigenvalue weighted by Gasteiger charge is 2.29. The Labute approximate surface area is 196 Å². The Morgan fingerprint density at radius 1 is 0.941 bits per heavy atom. The number of fused-ring (bicyclic) bond motifs is 1. The van der Waals surface area contributed by atoms with Gasteiger partial charge in [0.05, 0.1) is 16.6 Å². The Morgan fingerprint density at radius 2 is 1.53 bits per heavy atom. The number of nitrogens with one attached hydrogen (secondary N) is 1.